The van der Waals surface area contributed by atoms with Crippen LogP contribution in [0.2, 0.25) is 0 Å². The van der Waals surface area contributed by atoms with Crippen LogP contribution >= 0.6 is 0 Å². The zero-order valence-corrected chi connectivity index (χ0v) is 16.4. The summed E-state index contributed by atoms with van der Waals surface area (Å²) in [6.07, 6.45) is 3.30. The smallest absolute Gasteiger partial charge is 0.324 e. The van der Waals surface area contributed by atoms with Gasteiger partial charge in [-0.15, -0.1) is 0 Å². The van der Waals surface area contributed by atoms with Crippen LogP contribution in [0.5, 0.6) is 0 Å². The number of likely N-dealkylation sites (tertiary alicyclic amines) is 1. The van der Waals surface area contributed by atoms with Gasteiger partial charge in [-0.25, -0.2) is 8.42 Å². The predicted molar refractivity (Wildman–Crippen MR) is 103 cm³/mol. The molecule has 1 aliphatic rings. The van der Waals surface area contributed by atoms with Crippen molar-refractivity contribution in [3.8, 4) is 0 Å². The van der Waals surface area contributed by atoms with E-state index < -0.39 is 22.0 Å². The number of sulfonamides is 1. The first-order valence-corrected chi connectivity index (χ1v) is 10.5. The first-order valence-electron chi connectivity index (χ1n) is 8.97. The molecule has 0 radical (unpaired) electrons. The third-order valence-corrected chi connectivity index (χ3v) is 5.58. The summed E-state index contributed by atoms with van der Waals surface area (Å²) in [5.74, 6) is -0.449. The number of carbonyl (C=O) groups is 2. The van der Waals surface area contributed by atoms with Crippen molar-refractivity contribution in [1.82, 2.24) is 9.62 Å². The lowest BCUT2D eigenvalue weighted by molar-refractivity contribution is -0.153. The van der Waals surface area contributed by atoms with Crippen LogP contribution in [0.15, 0.2) is 35.7 Å². The predicted octanol–water partition coefficient (Wildman–Crippen LogP) is 1.77. The van der Waals surface area contributed by atoms with Crippen LogP contribution in [-0.4, -0.2) is 50.9 Å². The molecule has 0 aliphatic carbocycles. The Morgan fingerprint density at radius 1 is 1.26 bits per heavy atom. The molecule has 1 heterocycles. The number of benzene rings is 1. The molecule has 148 valence electrons. The summed E-state index contributed by atoms with van der Waals surface area (Å²) in [5.41, 5.74) is 0.722. The third-order valence-electron chi connectivity index (χ3n) is 4.41. The Hall–Kier alpha value is -2.19. The third kappa shape index (κ3) is 7.15. The van der Waals surface area contributed by atoms with Crippen LogP contribution < -0.4 is 4.72 Å². The normalized spacial score (nSPS) is 17.0. The van der Waals surface area contributed by atoms with Gasteiger partial charge in [-0.1, -0.05) is 37.3 Å². The van der Waals surface area contributed by atoms with Gasteiger partial charge in [0.1, 0.15) is 6.04 Å². The van der Waals surface area contributed by atoms with Gasteiger partial charge >= 0.3 is 5.97 Å². The molecule has 1 aromatic rings. The topological polar surface area (TPSA) is 92.8 Å². The molecule has 27 heavy (non-hydrogen) atoms. The number of piperidine rings is 1. The van der Waals surface area contributed by atoms with Crippen molar-refractivity contribution in [3.05, 3.63) is 41.3 Å². The molecule has 0 aromatic heterocycles. The van der Waals surface area contributed by atoms with Crippen molar-refractivity contribution < 1.29 is 22.7 Å². The van der Waals surface area contributed by atoms with Gasteiger partial charge in [0.25, 0.3) is 5.91 Å². The summed E-state index contributed by atoms with van der Waals surface area (Å²) in [4.78, 5) is 25.7. The quantitative estimate of drug-likeness (QED) is 0.712. The molecule has 8 heteroatoms. The Bertz CT molecular complexity index is 769. The molecule has 1 unspecified atom stereocenters. The molecular weight excluding hydrogens is 368 g/mol. The number of ether oxygens (including phenoxy) is 1. The van der Waals surface area contributed by atoms with Gasteiger partial charge in [0.15, 0.2) is 6.61 Å². The van der Waals surface area contributed by atoms with Crippen LogP contribution in [0, 0.1) is 5.92 Å². The first-order chi connectivity index (χ1) is 12.8. The van der Waals surface area contributed by atoms with Crippen LogP contribution in [0.3, 0.4) is 0 Å². The van der Waals surface area contributed by atoms with Gasteiger partial charge in [0.2, 0.25) is 10.0 Å². The maximum absolute atomic E-state index is 12.1. The molecule has 1 atom stereocenters. The fourth-order valence-electron chi connectivity index (χ4n) is 2.67. The summed E-state index contributed by atoms with van der Waals surface area (Å²) in [7, 11) is -3.82. The van der Waals surface area contributed by atoms with Gasteiger partial charge in [0.05, 0.1) is 0 Å². The van der Waals surface area contributed by atoms with Crippen molar-refractivity contribution >= 4 is 28.0 Å². The number of nitrogens with zero attached hydrogens (tertiary/aromatic N) is 1. The lowest BCUT2D eigenvalue weighted by Gasteiger charge is -2.30. The van der Waals surface area contributed by atoms with E-state index in [0.29, 0.717) is 19.0 Å². The fourth-order valence-corrected chi connectivity index (χ4v) is 3.68. The first kappa shape index (κ1) is 21.1. The molecule has 1 aromatic carbocycles. The number of amides is 1. The number of rotatable bonds is 7. The summed E-state index contributed by atoms with van der Waals surface area (Å²) in [6.45, 7) is 4.46. The van der Waals surface area contributed by atoms with Crippen LogP contribution in [0.1, 0.15) is 32.3 Å². The second-order valence-electron chi connectivity index (χ2n) is 6.77. The fraction of sp³-hybridized carbons (Fsp3) is 0.474. The van der Waals surface area contributed by atoms with Crippen LogP contribution in [0.4, 0.5) is 0 Å². The molecule has 1 aliphatic heterocycles. The Morgan fingerprint density at radius 3 is 2.52 bits per heavy atom. The Balaban J connectivity index is 1.80. The zero-order valence-electron chi connectivity index (χ0n) is 15.6. The SMILES string of the molecule is CC1CCN(C(=O)COC(=O)C(C)NS(=O)(=O)C=Cc2ccccc2)CC1. The van der Waals surface area contributed by atoms with Gasteiger partial charge in [0, 0.05) is 18.5 Å². The van der Waals surface area contributed by atoms with Crippen molar-refractivity contribution in [3.63, 3.8) is 0 Å². The largest absolute Gasteiger partial charge is 0.454 e. The maximum Gasteiger partial charge on any atom is 0.324 e. The van der Waals surface area contributed by atoms with E-state index in [-0.39, 0.29) is 12.5 Å². The molecule has 1 saturated heterocycles. The van der Waals surface area contributed by atoms with Crippen LogP contribution in [0.25, 0.3) is 6.08 Å². The molecule has 1 N–H and O–H groups in total. The van der Waals surface area contributed by atoms with E-state index in [1.807, 2.05) is 6.07 Å². The molecule has 7 nitrogen and oxygen atoms in total. The van der Waals surface area contributed by atoms with Gasteiger partial charge in [-0.3, -0.25) is 9.59 Å². The summed E-state index contributed by atoms with van der Waals surface area (Å²) >= 11 is 0. The highest BCUT2D eigenvalue weighted by atomic mass is 32.2. The van der Waals surface area contributed by atoms with Crippen LogP contribution in [-0.2, 0) is 24.3 Å². The monoisotopic (exact) mass is 394 g/mol. The summed E-state index contributed by atoms with van der Waals surface area (Å²) < 4.78 is 31.3. The molecule has 0 spiro atoms. The summed E-state index contributed by atoms with van der Waals surface area (Å²) in [6, 6.07) is 7.84. The molecule has 1 amide bonds. The second-order valence-corrected chi connectivity index (χ2v) is 8.37. The lowest BCUT2D eigenvalue weighted by Crippen LogP contribution is -2.43. The minimum atomic E-state index is -3.82. The highest BCUT2D eigenvalue weighted by Gasteiger charge is 2.24. The van der Waals surface area contributed by atoms with E-state index in [0.717, 1.165) is 23.8 Å². The number of nitrogens with one attached hydrogen (secondary N) is 1. The standard InChI is InChI=1S/C19H26N2O5S/c1-15-8-11-21(12-9-15)18(22)14-26-19(23)16(2)20-27(24,25)13-10-17-6-4-3-5-7-17/h3-7,10,13,15-16,20H,8-9,11-12,14H2,1-2H3. The molecule has 0 saturated carbocycles. The number of esters is 1. The second kappa shape index (κ2) is 9.66. The highest BCUT2D eigenvalue weighted by Crippen LogP contribution is 2.16. The van der Waals surface area contributed by atoms with Crippen molar-refractivity contribution in [1.29, 1.82) is 0 Å². The van der Waals surface area contributed by atoms with Gasteiger partial charge in [-0.05, 0) is 37.3 Å². The number of carbonyl (C=O) groups excluding carboxylic acids is 2. The average molecular weight is 394 g/mol. The zero-order chi connectivity index (χ0) is 19.9. The Kier molecular flexibility index (Phi) is 7.55. The minimum Gasteiger partial charge on any atom is -0.454 e. The lowest BCUT2D eigenvalue weighted by atomic mass is 9.99. The molecular formula is C19H26N2O5S. The highest BCUT2D eigenvalue weighted by molar-refractivity contribution is 7.92. The van der Waals surface area contributed by atoms with Crippen molar-refractivity contribution in [2.24, 2.45) is 5.92 Å². The molecule has 2 rings (SSSR count). The average Bonchev–Trinajstić information content (AvgIpc) is 2.65. The summed E-state index contributed by atoms with van der Waals surface area (Å²) in [5, 5.41) is 0.992. The minimum absolute atomic E-state index is 0.255. The van der Waals surface area contributed by atoms with E-state index in [9.17, 15) is 18.0 Å². The van der Waals surface area contributed by atoms with Gasteiger partial charge < -0.3 is 9.64 Å². The molecule has 0 bridgehead atoms. The van der Waals surface area contributed by atoms with E-state index in [2.05, 4.69) is 11.6 Å². The number of hydrogen-bond donors (Lipinski definition) is 1. The van der Waals surface area contributed by atoms with Crippen molar-refractivity contribution in [2.75, 3.05) is 19.7 Å². The van der Waals surface area contributed by atoms with E-state index in [4.69, 9.17) is 4.74 Å². The van der Waals surface area contributed by atoms with E-state index in [1.54, 1.807) is 29.2 Å². The van der Waals surface area contributed by atoms with Gasteiger partial charge in [-0.2, -0.15) is 4.72 Å². The Labute approximate surface area is 160 Å². The van der Waals surface area contributed by atoms with Crippen molar-refractivity contribution in [2.45, 2.75) is 32.7 Å². The van der Waals surface area contributed by atoms with E-state index in [1.165, 1.54) is 13.0 Å². The Morgan fingerprint density at radius 2 is 1.89 bits per heavy atom. The molecule has 1 fully saturated rings. The number of hydrogen-bond acceptors (Lipinski definition) is 5. The maximum atomic E-state index is 12.1. The van der Waals surface area contributed by atoms with E-state index >= 15 is 0 Å².